The summed E-state index contributed by atoms with van der Waals surface area (Å²) in [6.45, 7) is 6.09. The quantitative estimate of drug-likeness (QED) is 0.723. The van der Waals surface area contributed by atoms with Gasteiger partial charge in [0.05, 0.1) is 0 Å². The molecule has 4 heteroatoms. The molecule has 2 aliphatic heterocycles. The summed E-state index contributed by atoms with van der Waals surface area (Å²) >= 11 is 0. The van der Waals surface area contributed by atoms with E-state index in [1.54, 1.807) is 0 Å². The fourth-order valence-corrected chi connectivity index (χ4v) is 7.27. The molecule has 4 nitrogen and oxygen atoms in total. The number of nitrogens with zero attached hydrogens (tertiary/aromatic N) is 2. The fourth-order valence-electron chi connectivity index (χ4n) is 7.27. The lowest BCUT2D eigenvalue weighted by Crippen LogP contribution is -2.60. The second kappa shape index (κ2) is 7.10. The highest BCUT2D eigenvalue weighted by Gasteiger charge is 2.49. The van der Waals surface area contributed by atoms with E-state index in [-0.39, 0.29) is 6.23 Å². The summed E-state index contributed by atoms with van der Waals surface area (Å²) in [4.78, 5) is 5.18. The topological polar surface area (TPSA) is 38.7 Å². The number of likely N-dealkylation sites (tertiary alicyclic amines) is 2. The second-order valence-corrected chi connectivity index (χ2v) is 9.86. The van der Waals surface area contributed by atoms with Gasteiger partial charge in [0.2, 0.25) is 0 Å². The first kappa shape index (κ1) is 17.0. The van der Waals surface area contributed by atoms with E-state index in [2.05, 4.69) is 15.1 Å². The third-order valence-electron chi connectivity index (χ3n) is 8.27. The minimum Gasteiger partial charge on any atom is -0.377 e. The van der Waals surface area contributed by atoms with Crippen LogP contribution in [0, 0.1) is 23.7 Å². The first-order valence-electron chi connectivity index (χ1n) is 11.2. The van der Waals surface area contributed by atoms with Crippen LogP contribution in [-0.2, 0) is 0 Å². The Labute approximate surface area is 153 Å². The van der Waals surface area contributed by atoms with Gasteiger partial charge in [-0.05, 0) is 101 Å². The maximum absolute atomic E-state index is 11.0. The van der Waals surface area contributed by atoms with Crippen LogP contribution in [0.5, 0.6) is 0 Å². The molecular weight excluding hydrogens is 310 g/mol. The van der Waals surface area contributed by atoms with Gasteiger partial charge in [-0.3, -0.25) is 10.2 Å². The number of aliphatic hydroxyl groups excluding tert-OH is 1. The van der Waals surface area contributed by atoms with Crippen molar-refractivity contribution in [1.82, 2.24) is 15.1 Å². The van der Waals surface area contributed by atoms with Crippen molar-refractivity contribution < 1.29 is 5.11 Å². The van der Waals surface area contributed by atoms with Crippen molar-refractivity contribution in [1.29, 1.82) is 0 Å². The van der Waals surface area contributed by atoms with E-state index in [9.17, 15) is 5.11 Å². The number of rotatable bonds is 6. The molecule has 2 N–H and O–H groups in total. The van der Waals surface area contributed by atoms with Gasteiger partial charge in [-0.15, -0.1) is 0 Å². The summed E-state index contributed by atoms with van der Waals surface area (Å²) in [7, 11) is 0. The maximum atomic E-state index is 11.0. The number of nitrogens with one attached hydrogen (secondary N) is 1. The summed E-state index contributed by atoms with van der Waals surface area (Å²) in [5.41, 5.74) is 0. The molecule has 2 saturated heterocycles. The molecule has 2 atom stereocenters. The second-order valence-electron chi connectivity index (χ2n) is 9.86. The normalized spacial score (nSPS) is 45.5. The first-order valence-corrected chi connectivity index (χ1v) is 11.2. The highest BCUT2D eigenvalue weighted by Crippen LogP contribution is 2.53. The number of aliphatic hydroxyl groups is 1. The monoisotopic (exact) mass is 347 g/mol. The maximum Gasteiger partial charge on any atom is 0.120 e. The molecule has 142 valence electrons. The molecule has 4 bridgehead atoms. The highest BCUT2D eigenvalue weighted by atomic mass is 16.3. The molecule has 1 unspecified atom stereocenters. The lowest BCUT2D eigenvalue weighted by molar-refractivity contribution is -0.0496. The van der Waals surface area contributed by atoms with E-state index in [0.717, 1.165) is 30.2 Å². The zero-order chi connectivity index (χ0) is 16.8. The van der Waals surface area contributed by atoms with E-state index in [0.29, 0.717) is 12.1 Å². The van der Waals surface area contributed by atoms with E-state index in [1.807, 2.05) is 0 Å². The smallest absolute Gasteiger partial charge is 0.120 e. The minimum absolute atomic E-state index is 0.316. The van der Waals surface area contributed by atoms with Crippen LogP contribution in [0.3, 0.4) is 0 Å². The Morgan fingerprint density at radius 1 is 0.840 bits per heavy atom. The van der Waals surface area contributed by atoms with E-state index >= 15 is 0 Å². The Morgan fingerprint density at radius 3 is 2.20 bits per heavy atom. The van der Waals surface area contributed by atoms with Gasteiger partial charge < -0.3 is 10.0 Å². The van der Waals surface area contributed by atoms with Crippen molar-refractivity contribution in [2.45, 2.75) is 76.1 Å². The van der Waals surface area contributed by atoms with Gasteiger partial charge in [0.1, 0.15) is 6.23 Å². The van der Waals surface area contributed by atoms with Crippen molar-refractivity contribution in [3.63, 3.8) is 0 Å². The molecule has 0 radical (unpaired) electrons. The average molecular weight is 348 g/mol. The van der Waals surface area contributed by atoms with Crippen molar-refractivity contribution in [2.24, 2.45) is 23.7 Å². The molecule has 0 aromatic heterocycles. The zero-order valence-corrected chi connectivity index (χ0v) is 15.8. The van der Waals surface area contributed by atoms with Gasteiger partial charge in [-0.25, -0.2) is 0 Å². The van der Waals surface area contributed by atoms with Crippen LogP contribution in [-0.4, -0.2) is 65.9 Å². The Hall–Kier alpha value is -0.160. The summed E-state index contributed by atoms with van der Waals surface area (Å²) in [5, 5.41) is 14.8. The van der Waals surface area contributed by atoms with Gasteiger partial charge in [-0.1, -0.05) is 0 Å². The summed E-state index contributed by atoms with van der Waals surface area (Å²) < 4.78 is 0. The van der Waals surface area contributed by atoms with Crippen LogP contribution >= 0.6 is 0 Å². The third-order valence-corrected chi connectivity index (χ3v) is 8.27. The Balaban J connectivity index is 1.16. The van der Waals surface area contributed by atoms with Crippen molar-refractivity contribution >= 4 is 0 Å². The standard InChI is InChI=1S/C21H37N3O/c25-21(19-4-3-7-24(19)9-8-23-5-1-2-6-23)22-20-17-11-15-10-16(13-17)14-18(20)12-15/h15-22,25H,1-14H2/t15?,16?,17?,18?,19-,20?,21?/m0/s1. The molecule has 0 amide bonds. The predicted octanol–water partition coefficient (Wildman–Crippen LogP) is 2.28. The van der Waals surface area contributed by atoms with Gasteiger partial charge in [0, 0.05) is 25.2 Å². The zero-order valence-electron chi connectivity index (χ0n) is 15.8. The van der Waals surface area contributed by atoms with Gasteiger partial charge in [-0.2, -0.15) is 0 Å². The lowest BCUT2D eigenvalue weighted by atomic mass is 9.54. The molecule has 25 heavy (non-hydrogen) atoms. The molecule has 6 aliphatic rings. The first-order chi connectivity index (χ1) is 12.3. The van der Waals surface area contributed by atoms with Crippen molar-refractivity contribution in [3.05, 3.63) is 0 Å². The van der Waals surface area contributed by atoms with Crippen molar-refractivity contribution in [3.8, 4) is 0 Å². The Bertz CT molecular complexity index is 436. The molecule has 2 heterocycles. The third kappa shape index (κ3) is 3.40. The lowest BCUT2D eigenvalue weighted by Gasteiger charge is -2.55. The van der Waals surface area contributed by atoms with Crippen LogP contribution in [0.2, 0.25) is 0 Å². The average Bonchev–Trinajstić information content (AvgIpc) is 3.26. The van der Waals surface area contributed by atoms with Crippen LogP contribution < -0.4 is 5.32 Å². The molecule has 0 aromatic carbocycles. The highest BCUT2D eigenvalue weighted by molar-refractivity contribution is 5.02. The number of hydrogen-bond acceptors (Lipinski definition) is 4. The Kier molecular flexibility index (Phi) is 4.82. The predicted molar refractivity (Wildman–Crippen MR) is 100 cm³/mol. The van der Waals surface area contributed by atoms with E-state index < -0.39 is 0 Å². The molecule has 4 saturated carbocycles. The number of hydrogen-bond donors (Lipinski definition) is 2. The molecular formula is C21H37N3O. The minimum atomic E-state index is -0.316. The molecule has 6 rings (SSSR count). The van der Waals surface area contributed by atoms with Crippen molar-refractivity contribution in [2.75, 3.05) is 32.7 Å². The van der Waals surface area contributed by atoms with Crippen LogP contribution in [0.15, 0.2) is 0 Å². The molecule has 0 aromatic rings. The van der Waals surface area contributed by atoms with Crippen LogP contribution in [0.1, 0.15) is 57.8 Å². The molecule has 4 aliphatic carbocycles. The molecule has 0 spiro atoms. The summed E-state index contributed by atoms with van der Waals surface area (Å²) in [6.07, 6.45) is 12.1. The van der Waals surface area contributed by atoms with Gasteiger partial charge in [0.15, 0.2) is 0 Å². The largest absolute Gasteiger partial charge is 0.377 e. The Morgan fingerprint density at radius 2 is 1.52 bits per heavy atom. The fraction of sp³-hybridized carbons (Fsp3) is 1.00. The SMILES string of the molecule is OC(NC1C2CC3CC(C2)CC1C3)[C@@H]1CCCN1CCN1CCCC1. The molecule has 6 fully saturated rings. The van der Waals surface area contributed by atoms with Crippen LogP contribution in [0.4, 0.5) is 0 Å². The van der Waals surface area contributed by atoms with Gasteiger partial charge in [0.25, 0.3) is 0 Å². The summed E-state index contributed by atoms with van der Waals surface area (Å²) in [6, 6.07) is 0.948. The summed E-state index contributed by atoms with van der Waals surface area (Å²) in [5.74, 6) is 3.73. The van der Waals surface area contributed by atoms with E-state index in [4.69, 9.17) is 0 Å². The van der Waals surface area contributed by atoms with Gasteiger partial charge >= 0.3 is 0 Å². The van der Waals surface area contributed by atoms with Crippen LogP contribution in [0.25, 0.3) is 0 Å². The van der Waals surface area contributed by atoms with E-state index in [1.165, 1.54) is 84.0 Å².